The van der Waals surface area contributed by atoms with Gasteiger partial charge in [-0.1, -0.05) is 6.42 Å². The Morgan fingerprint density at radius 3 is 2.65 bits per heavy atom. The number of ether oxygens (including phenoxy) is 2. The smallest absolute Gasteiger partial charge is 0.191 e. The highest BCUT2D eigenvalue weighted by Crippen LogP contribution is 2.62. The molecule has 2 N–H and O–H groups in total. The van der Waals surface area contributed by atoms with Crippen LogP contribution in [0, 0.1) is 11.3 Å². The number of morpholine rings is 1. The average molecular weight is 365 g/mol. The zero-order chi connectivity index (χ0) is 18.2. The minimum absolute atomic E-state index is 0.0545. The van der Waals surface area contributed by atoms with Crippen LogP contribution < -0.4 is 10.6 Å². The molecule has 0 aromatic heterocycles. The third-order valence-corrected chi connectivity index (χ3v) is 7.16. The van der Waals surface area contributed by atoms with Crippen LogP contribution in [-0.2, 0) is 9.47 Å². The molecule has 2 aliphatic heterocycles. The van der Waals surface area contributed by atoms with Crippen LogP contribution >= 0.6 is 0 Å². The number of nitrogens with zero attached hydrogens (tertiary/aromatic N) is 2. The molecule has 0 aromatic carbocycles. The zero-order valence-electron chi connectivity index (χ0n) is 16.7. The van der Waals surface area contributed by atoms with Gasteiger partial charge in [0.1, 0.15) is 0 Å². The van der Waals surface area contributed by atoms with Gasteiger partial charge < -0.3 is 20.1 Å². The summed E-state index contributed by atoms with van der Waals surface area (Å²) in [5.74, 6) is 1.65. The molecule has 6 heteroatoms. The number of rotatable bonds is 5. The number of fused-ring (bicyclic) bond motifs is 2. The molecule has 2 saturated heterocycles. The first kappa shape index (κ1) is 18.5. The van der Waals surface area contributed by atoms with Crippen molar-refractivity contribution in [1.82, 2.24) is 15.5 Å². The molecule has 3 atom stereocenters. The summed E-state index contributed by atoms with van der Waals surface area (Å²) in [6.45, 7) is 13.0. The summed E-state index contributed by atoms with van der Waals surface area (Å²) >= 11 is 0. The zero-order valence-corrected chi connectivity index (χ0v) is 16.7. The summed E-state index contributed by atoms with van der Waals surface area (Å²) in [6, 6.07) is 0.535. The van der Waals surface area contributed by atoms with E-state index in [4.69, 9.17) is 14.5 Å². The molecular weight excluding hydrogens is 328 g/mol. The quantitative estimate of drug-likeness (QED) is 0.573. The third kappa shape index (κ3) is 3.14. The van der Waals surface area contributed by atoms with Gasteiger partial charge in [-0.3, -0.25) is 9.89 Å². The van der Waals surface area contributed by atoms with Gasteiger partial charge >= 0.3 is 0 Å². The molecule has 4 fully saturated rings. The lowest BCUT2D eigenvalue weighted by Crippen LogP contribution is -2.72. The topological polar surface area (TPSA) is 58.1 Å². The molecule has 1 spiro atoms. The van der Waals surface area contributed by atoms with Gasteiger partial charge in [0.25, 0.3) is 0 Å². The Labute approximate surface area is 158 Å². The summed E-state index contributed by atoms with van der Waals surface area (Å²) in [6.07, 6.45) is 5.67. The Kier molecular flexibility index (Phi) is 5.19. The Hall–Kier alpha value is -0.850. The summed E-state index contributed by atoms with van der Waals surface area (Å²) < 4.78 is 11.6. The van der Waals surface area contributed by atoms with E-state index in [1.165, 1.54) is 25.7 Å². The van der Waals surface area contributed by atoms with Gasteiger partial charge in [0.2, 0.25) is 0 Å². The van der Waals surface area contributed by atoms with Crippen molar-refractivity contribution in [3.63, 3.8) is 0 Å². The fourth-order valence-corrected chi connectivity index (χ4v) is 5.46. The first-order valence-electron chi connectivity index (χ1n) is 10.6. The number of aliphatic imine (C=N–C) groups is 1. The molecule has 4 rings (SSSR count). The largest absolute Gasteiger partial charge is 0.379 e. The molecule has 0 radical (unpaired) electrons. The van der Waals surface area contributed by atoms with Crippen LogP contribution in [0.1, 0.15) is 46.5 Å². The van der Waals surface area contributed by atoms with Crippen molar-refractivity contribution in [2.45, 2.75) is 64.1 Å². The Balaban J connectivity index is 1.41. The van der Waals surface area contributed by atoms with Gasteiger partial charge in [-0.15, -0.1) is 0 Å². The number of hydrogen-bond donors (Lipinski definition) is 2. The van der Waals surface area contributed by atoms with E-state index in [2.05, 4.69) is 36.3 Å². The molecule has 148 valence electrons. The van der Waals surface area contributed by atoms with Crippen LogP contribution in [-0.4, -0.2) is 74.5 Å². The van der Waals surface area contributed by atoms with Gasteiger partial charge in [0.15, 0.2) is 5.96 Å². The number of hydrogen-bond acceptors (Lipinski definition) is 4. The Morgan fingerprint density at radius 1 is 1.23 bits per heavy atom. The van der Waals surface area contributed by atoms with Gasteiger partial charge in [-0.05, 0) is 40.0 Å². The van der Waals surface area contributed by atoms with E-state index < -0.39 is 0 Å². The maximum absolute atomic E-state index is 6.06. The molecule has 26 heavy (non-hydrogen) atoms. The summed E-state index contributed by atoms with van der Waals surface area (Å²) in [5.41, 5.74) is 0.440. The highest BCUT2D eigenvalue weighted by Gasteiger charge is 2.66. The van der Waals surface area contributed by atoms with Gasteiger partial charge in [0, 0.05) is 49.2 Å². The highest BCUT2D eigenvalue weighted by molar-refractivity contribution is 5.80. The molecule has 2 aliphatic carbocycles. The second-order valence-electron chi connectivity index (χ2n) is 9.06. The lowest BCUT2D eigenvalue weighted by atomic mass is 9.46. The second kappa shape index (κ2) is 7.28. The average Bonchev–Trinajstić information content (AvgIpc) is 3.02. The third-order valence-electron chi connectivity index (χ3n) is 7.16. The molecular formula is C20H36N4O2. The van der Waals surface area contributed by atoms with Crippen molar-refractivity contribution in [3.05, 3.63) is 0 Å². The number of guanidine groups is 1. The van der Waals surface area contributed by atoms with Crippen LogP contribution in [0.5, 0.6) is 0 Å². The van der Waals surface area contributed by atoms with Crippen molar-refractivity contribution in [1.29, 1.82) is 0 Å². The monoisotopic (exact) mass is 364 g/mol. The molecule has 4 aliphatic rings. The molecule has 2 heterocycles. The maximum Gasteiger partial charge on any atom is 0.191 e. The van der Waals surface area contributed by atoms with Crippen molar-refractivity contribution in [3.8, 4) is 0 Å². The van der Waals surface area contributed by atoms with Crippen LogP contribution in [0.2, 0.25) is 0 Å². The molecule has 0 bridgehead atoms. The Morgan fingerprint density at radius 2 is 2.00 bits per heavy atom. The van der Waals surface area contributed by atoms with Crippen molar-refractivity contribution in [2.24, 2.45) is 16.3 Å². The minimum atomic E-state index is 0.0545. The molecule has 3 unspecified atom stereocenters. The normalized spacial score (nSPS) is 34.1. The van der Waals surface area contributed by atoms with Gasteiger partial charge in [-0.25, -0.2) is 0 Å². The predicted octanol–water partition coefficient (Wildman–Crippen LogP) is 1.61. The van der Waals surface area contributed by atoms with Crippen LogP contribution in [0.3, 0.4) is 0 Å². The van der Waals surface area contributed by atoms with Crippen LogP contribution in [0.15, 0.2) is 4.99 Å². The van der Waals surface area contributed by atoms with E-state index in [9.17, 15) is 0 Å². The molecule has 2 saturated carbocycles. The Bertz CT molecular complexity index is 526. The summed E-state index contributed by atoms with van der Waals surface area (Å²) in [4.78, 5) is 7.49. The minimum Gasteiger partial charge on any atom is -0.379 e. The van der Waals surface area contributed by atoms with Crippen molar-refractivity contribution >= 4 is 5.96 Å². The molecule has 6 nitrogen and oxygen atoms in total. The second-order valence-corrected chi connectivity index (χ2v) is 9.06. The molecule has 0 amide bonds. The summed E-state index contributed by atoms with van der Waals surface area (Å²) in [7, 11) is 0. The van der Waals surface area contributed by atoms with Crippen molar-refractivity contribution < 1.29 is 9.47 Å². The highest BCUT2D eigenvalue weighted by atomic mass is 16.5. The van der Waals surface area contributed by atoms with E-state index in [0.717, 1.165) is 52.0 Å². The fourth-order valence-electron chi connectivity index (χ4n) is 5.46. The van der Waals surface area contributed by atoms with E-state index in [-0.39, 0.29) is 5.54 Å². The van der Waals surface area contributed by atoms with Gasteiger partial charge in [0.05, 0.1) is 25.9 Å². The van der Waals surface area contributed by atoms with Crippen molar-refractivity contribution in [2.75, 3.05) is 46.0 Å². The lowest BCUT2D eigenvalue weighted by Gasteiger charge is -2.63. The van der Waals surface area contributed by atoms with Crippen LogP contribution in [0.25, 0.3) is 0 Å². The van der Waals surface area contributed by atoms with E-state index >= 15 is 0 Å². The SMILES string of the molecule is CCNC(=NCC(C)(C)N1CCOCC1)NC1C2CCOC2C12CCC2. The standard InChI is InChI=1S/C20H36N4O2/c1-4-21-18(22-14-19(2,3)24-9-12-25-13-10-24)23-16-15-6-11-26-17(15)20(16)7-5-8-20/h15-17H,4-14H2,1-3H3,(H2,21,22,23). The number of nitrogens with one attached hydrogen (secondary N) is 2. The first-order chi connectivity index (χ1) is 12.6. The first-order valence-corrected chi connectivity index (χ1v) is 10.6. The van der Waals surface area contributed by atoms with Gasteiger partial charge in [-0.2, -0.15) is 0 Å². The fraction of sp³-hybridized carbons (Fsp3) is 0.950. The maximum atomic E-state index is 6.06. The van der Waals surface area contributed by atoms with E-state index in [1.807, 2.05) is 0 Å². The summed E-state index contributed by atoms with van der Waals surface area (Å²) in [5, 5.41) is 7.29. The van der Waals surface area contributed by atoms with E-state index in [1.54, 1.807) is 0 Å². The van der Waals surface area contributed by atoms with E-state index in [0.29, 0.717) is 23.5 Å². The van der Waals surface area contributed by atoms with Crippen LogP contribution in [0.4, 0.5) is 0 Å². The predicted molar refractivity (Wildman–Crippen MR) is 104 cm³/mol. The lowest BCUT2D eigenvalue weighted by molar-refractivity contribution is -0.171. The molecule has 0 aromatic rings.